The summed E-state index contributed by atoms with van der Waals surface area (Å²) >= 11 is 0. The third-order valence-corrected chi connectivity index (χ3v) is 4.25. The van der Waals surface area contributed by atoms with Crippen LogP contribution in [0.15, 0.2) is 48.5 Å². The molecule has 4 nitrogen and oxygen atoms in total. The van der Waals surface area contributed by atoms with Gasteiger partial charge < -0.3 is 10.4 Å². The number of aliphatic carboxylic acids is 1. The van der Waals surface area contributed by atoms with Gasteiger partial charge in [0.15, 0.2) is 0 Å². The first kappa shape index (κ1) is 17.7. The molecule has 0 fully saturated rings. The molecule has 0 aliphatic carbocycles. The van der Waals surface area contributed by atoms with Crippen LogP contribution in [0.25, 0.3) is 0 Å². The van der Waals surface area contributed by atoms with E-state index in [4.69, 9.17) is 5.11 Å². The van der Waals surface area contributed by atoms with Gasteiger partial charge in [-0.25, -0.2) is 0 Å². The summed E-state index contributed by atoms with van der Waals surface area (Å²) in [4.78, 5) is 23.4. The van der Waals surface area contributed by atoms with Crippen molar-refractivity contribution in [2.45, 2.75) is 39.0 Å². The molecule has 2 unspecified atom stereocenters. The highest BCUT2D eigenvalue weighted by atomic mass is 16.4. The number of hydrogen-bond donors (Lipinski definition) is 2. The van der Waals surface area contributed by atoms with Crippen molar-refractivity contribution in [1.82, 2.24) is 0 Å². The molecule has 0 radical (unpaired) electrons. The number of anilines is 1. The fourth-order valence-corrected chi connectivity index (χ4v) is 2.77. The molecule has 0 saturated carbocycles. The zero-order valence-corrected chi connectivity index (χ0v) is 14.2. The Kier molecular flexibility index (Phi) is 5.74. The SMILES string of the molecule is Cc1ccccc1C(C)CC(=O)Nc1cccc(C(C)C(=O)O)c1. The largest absolute Gasteiger partial charge is 0.481 e. The molecule has 4 heteroatoms. The van der Waals surface area contributed by atoms with E-state index in [1.54, 1.807) is 31.2 Å². The summed E-state index contributed by atoms with van der Waals surface area (Å²) in [6.07, 6.45) is 0.379. The Labute approximate surface area is 142 Å². The molecule has 0 aliphatic rings. The van der Waals surface area contributed by atoms with E-state index in [1.807, 2.05) is 38.1 Å². The minimum Gasteiger partial charge on any atom is -0.481 e. The van der Waals surface area contributed by atoms with Crippen LogP contribution in [0.3, 0.4) is 0 Å². The normalized spacial score (nSPS) is 13.1. The Bertz CT molecular complexity index is 739. The van der Waals surface area contributed by atoms with Crippen molar-refractivity contribution in [2.75, 3.05) is 5.32 Å². The van der Waals surface area contributed by atoms with Crippen LogP contribution in [0.4, 0.5) is 5.69 Å². The maximum Gasteiger partial charge on any atom is 0.310 e. The lowest BCUT2D eigenvalue weighted by Gasteiger charge is -2.15. The van der Waals surface area contributed by atoms with E-state index in [1.165, 1.54) is 11.1 Å². The average Bonchev–Trinajstić information content (AvgIpc) is 2.54. The van der Waals surface area contributed by atoms with Gasteiger partial charge >= 0.3 is 5.97 Å². The highest BCUT2D eigenvalue weighted by Crippen LogP contribution is 2.24. The standard InChI is InChI=1S/C20H23NO3/c1-13-7-4-5-10-18(13)14(2)11-19(22)21-17-9-6-8-16(12-17)15(3)20(23)24/h4-10,12,14-15H,11H2,1-3H3,(H,21,22)(H,23,24). The number of hydrogen-bond acceptors (Lipinski definition) is 2. The summed E-state index contributed by atoms with van der Waals surface area (Å²) in [6.45, 7) is 5.70. The molecular formula is C20H23NO3. The molecule has 1 amide bonds. The van der Waals surface area contributed by atoms with Crippen LogP contribution >= 0.6 is 0 Å². The number of aryl methyl sites for hydroxylation is 1. The molecule has 0 saturated heterocycles. The lowest BCUT2D eigenvalue weighted by atomic mass is 9.93. The van der Waals surface area contributed by atoms with E-state index < -0.39 is 11.9 Å². The smallest absolute Gasteiger partial charge is 0.310 e. The molecule has 2 N–H and O–H groups in total. The van der Waals surface area contributed by atoms with Crippen LogP contribution in [0, 0.1) is 6.92 Å². The Balaban J connectivity index is 2.04. The lowest BCUT2D eigenvalue weighted by Crippen LogP contribution is -2.15. The summed E-state index contributed by atoms with van der Waals surface area (Å²) in [5.74, 6) is -1.45. The average molecular weight is 325 g/mol. The van der Waals surface area contributed by atoms with Gasteiger partial charge in [-0.2, -0.15) is 0 Å². The number of carbonyl (C=O) groups is 2. The first-order valence-corrected chi connectivity index (χ1v) is 8.06. The topological polar surface area (TPSA) is 66.4 Å². The molecule has 24 heavy (non-hydrogen) atoms. The van der Waals surface area contributed by atoms with Gasteiger partial charge in [-0.3, -0.25) is 9.59 Å². The van der Waals surface area contributed by atoms with Crippen LogP contribution < -0.4 is 5.32 Å². The molecule has 0 spiro atoms. The maximum atomic E-state index is 12.3. The number of benzene rings is 2. The predicted molar refractivity (Wildman–Crippen MR) is 95.3 cm³/mol. The van der Waals surface area contributed by atoms with Crippen molar-refractivity contribution in [2.24, 2.45) is 0 Å². The van der Waals surface area contributed by atoms with E-state index in [2.05, 4.69) is 5.32 Å². The molecule has 0 aromatic heterocycles. The number of nitrogens with one attached hydrogen (secondary N) is 1. The molecule has 2 atom stereocenters. The second-order valence-corrected chi connectivity index (χ2v) is 6.20. The fraction of sp³-hybridized carbons (Fsp3) is 0.300. The Morgan fingerprint density at radius 1 is 1.08 bits per heavy atom. The van der Waals surface area contributed by atoms with Crippen LogP contribution in [0.2, 0.25) is 0 Å². The molecular weight excluding hydrogens is 302 g/mol. The van der Waals surface area contributed by atoms with Crippen molar-refractivity contribution in [1.29, 1.82) is 0 Å². The molecule has 0 heterocycles. The Morgan fingerprint density at radius 3 is 2.46 bits per heavy atom. The number of carboxylic acids is 1. The second-order valence-electron chi connectivity index (χ2n) is 6.20. The van der Waals surface area contributed by atoms with E-state index >= 15 is 0 Å². The van der Waals surface area contributed by atoms with Crippen LogP contribution in [0.1, 0.15) is 48.8 Å². The van der Waals surface area contributed by atoms with E-state index in [0.29, 0.717) is 17.7 Å². The van der Waals surface area contributed by atoms with Crippen molar-refractivity contribution < 1.29 is 14.7 Å². The summed E-state index contributed by atoms with van der Waals surface area (Å²) in [5, 5.41) is 12.0. The second kappa shape index (κ2) is 7.77. The molecule has 2 aromatic rings. The van der Waals surface area contributed by atoms with Gasteiger partial charge in [0.2, 0.25) is 5.91 Å². The van der Waals surface area contributed by atoms with Crippen LogP contribution in [-0.2, 0) is 9.59 Å². The highest BCUT2D eigenvalue weighted by molar-refractivity contribution is 5.91. The predicted octanol–water partition coefficient (Wildman–Crippen LogP) is 4.32. The van der Waals surface area contributed by atoms with Gasteiger partial charge in [0.25, 0.3) is 0 Å². The zero-order valence-electron chi connectivity index (χ0n) is 14.2. The monoisotopic (exact) mass is 325 g/mol. The fourth-order valence-electron chi connectivity index (χ4n) is 2.77. The lowest BCUT2D eigenvalue weighted by molar-refractivity contribution is -0.138. The van der Waals surface area contributed by atoms with Gasteiger partial charge in [0.05, 0.1) is 5.92 Å². The molecule has 0 aliphatic heterocycles. The van der Waals surface area contributed by atoms with Gasteiger partial charge in [0.1, 0.15) is 0 Å². The van der Waals surface area contributed by atoms with Gasteiger partial charge in [-0.1, -0.05) is 43.3 Å². The number of rotatable bonds is 6. The van der Waals surface area contributed by atoms with Gasteiger partial charge in [-0.15, -0.1) is 0 Å². The zero-order chi connectivity index (χ0) is 17.7. The summed E-state index contributed by atoms with van der Waals surface area (Å²) < 4.78 is 0. The van der Waals surface area contributed by atoms with Crippen molar-refractivity contribution in [3.8, 4) is 0 Å². The Hall–Kier alpha value is -2.62. The minimum atomic E-state index is -0.883. The van der Waals surface area contributed by atoms with Gasteiger partial charge in [0, 0.05) is 12.1 Å². The quantitative estimate of drug-likeness (QED) is 0.831. The van der Waals surface area contributed by atoms with E-state index in [9.17, 15) is 9.59 Å². The molecule has 0 bridgehead atoms. The molecule has 126 valence electrons. The minimum absolute atomic E-state index is 0.0779. The van der Waals surface area contributed by atoms with E-state index in [0.717, 1.165) is 0 Å². The molecule has 2 aromatic carbocycles. The summed E-state index contributed by atoms with van der Waals surface area (Å²) in [5.41, 5.74) is 3.64. The third-order valence-electron chi connectivity index (χ3n) is 4.25. The number of carbonyl (C=O) groups excluding carboxylic acids is 1. The number of carboxylic acid groups (broad SMARTS) is 1. The summed E-state index contributed by atoms with van der Waals surface area (Å²) in [7, 11) is 0. The highest BCUT2D eigenvalue weighted by Gasteiger charge is 2.16. The first-order valence-electron chi connectivity index (χ1n) is 8.06. The molecule has 2 rings (SSSR count). The van der Waals surface area contributed by atoms with E-state index in [-0.39, 0.29) is 11.8 Å². The third kappa shape index (κ3) is 4.44. The van der Waals surface area contributed by atoms with Crippen molar-refractivity contribution >= 4 is 17.6 Å². The van der Waals surface area contributed by atoms with Gasteiger partial charge in [-0.05, 0) is 48.6 Å². The number of amides is 1. The van der Waals surface area contributed by atoms with Crippen molar-refractivity contribution in [3.63, 3.8) is 0 Å². The van der Waals surface area contributed by atoms with Crippen LogP contribution in [-0.4, -0.2) is 17.0 Å². The van der Waals surface area contributed by atoms with Crippen molar-refractivity contribution in [3.05, 3.63) is 65.2 Å². The maximum absolute atomic E-state index is 12.3. The Morgan fingerprint density at radius 2 is 1.79 bits per heavy atom. The summed E-state index contributed by atoms with van der Waals surface area (Å²) in [6, 6.07) is 15.1. The van der Waals surface area contributed by atoms with Crippen LogP contribution in [0.5, 0.6) is 0 Å². The first-order chi connectivity index (χ1) is 11.4.